The van der Waals surface area contributed by atoms with Crippen molar-refractivity contribution in [3.63, 3.8) is 0 Å². The van der Waals surface area contributed by atoms with Gasteiger partial charge in [-0.3, -0.25) is 37.3 Å². The summed E-state index contributed by atoms with van der Waals surface area (Å²) < 4.78 is 68.2. The van der Waals surface area contributed by atoms with Crippen molar-refractivity contribution >= 4 is 39.5 Å². The zero-order valence-electron chi connectivity index (χ0n) is 59.7. The third kappa shape index (κ3) is 66.7. The smallest absolute Gasteiger partial charge is 0.462 e. The summed E-state index contributed by atoms with van der Waals surface area (Å²) in [7, 11) is -9.89. The Hall–Kier alpha value is -1.94. The maximum absolute atomic E-state index is 13.1. The molecule has 0 aromatic carbocycles. The molecule has 0 aliphatic rings. The lowest BCUT2D eigenvalue weighted by atomic mass is 10.0. The van der Waals surface area contributed by atoms with Crippen molar-refractivity contribution in [2.24, 2.45) is 5.92 Å². The molecule has 0 radical (unpaired) electrons. The lowest BCUT2D eigenvalue weighted by Gasteiger charge is -2.21. The summed E-state index contributed by atoms with van der Waals surface area (Å²) in [6.45, 7) is 7.22. The number of hydrogen-bond donors (Lipinski definition) is 3. The Balaban J connectivity index is 5.14. The Kier molecular flexibility index (Phi) is 64.9. The highest BCUT2D eigenvalue weighted by Crippen LogP contribution is 2.45. The molecule has 0 saturated heterocycles. The first kappa shape index (κ1) is 90.1. The van der Waals surface area contributed by atoms with E-state index in [4.69, 9.17) is 37.0 Å². The van der Waals surface area contributed by atoms with E-state index < -0.39 is 97.5 Å². The van der Waals surface area contributed by atoms with Crippen LogP contribution in [-0.2, 0) is 65.4 Å². The van der Waals surface area contributed by atoms with Gasteiger partial charge in [-0.25, -0.2) is 9.13 Å². The molecule has 17 nitrogen and oxygen atoms in total. The van der Waals surface area contributed by atoms with Gasteiger partial charge in [-0.05, 0) is 31.6 Å². The molecule has 0 spiro atoms. The van der Waals surface area contributed by atoms with E-state index in [2.05, 4.69) is 34.6 Å². The number of esters is 4. The number of unbranched alkanes of at least 4 members (excludes halogenated alkanes) is 45. The number of phosphoric ester groups is 2. The number of phosphoric acid groups is 2. The van der Waals surface area contributed by atoms with Crippen molar-refractivity contribution in [1.82, 2.24) is 0 Å². The lowest BCUT2D eigenvalue weighted by Crippen LogP contribution is -2.30. The van der Waals surface area contributed by atoms with E-state index in [1.807, 2.05) is 0 Å². The van der Waals surface area contributed by atoms with Gasteiger partial charge in [0.1, 0.15) is 19.3 Å². The summed E-state index contributed by atoms with van der Waals surface area (Å²) in [5.41, 5.74) is 0. The summed E-state index contributed by atoms with van der Waals surface area (Å²) >= 11 is 0. The molecule has 0 saturated carbocycles. The predicted molar refractivity (Wildman–Crippen MR) is 372 cm³/mol. The fraction of sp³-hybridized carbons (Fsp3) is 0.945. The number of ether oxygens (including phenoxy) is 4. The van der Waals surface area contributed by atoms with Crippen LogP contribution in [0.1, 0.15) is 381 Å². The zero-order valence-corrected chi connectivity index (χ0v) is 61.5. The van der Waals surface area contributed by atoms with Crippen LogP contribution in [0.25, 0.3) is 0 Å². The van der Waals surface area contributed by atoms with Gasteiger partial charge in [0.15, 0.2) is 12.2 Å². The van der Waals surface area contributed by atoms with Crippen molar-refractivity contribution in [1.29, 1.82) is 0 Å². The first-order chi connectivity index (χ1) is 44.5. The van der Waals surface area contributed by atoms with Gasteiger partial charge in [0.05, 0.1) is 26.4 Å². The monoisotopic (exact) mass is 1350 g/mol. The van der Waals surface area contributed by atoms with E-state index in [0.717, 1.165) is 109 Å². The Bertz CT molecular complexity index is 1770. The number of aliphatic hydroxyl groups excluding tert-OH is 1. The van der Waals surface area contributed by atoms with Crippen LogP contribution in [0.4, 0.5) is 0 Å². The fourth-order valence-corrected chi connectivity index (χ4v) is 12.8. The van der Waals surface area contributed by atoms with Gasteiger partial charge in [-0.2, -0.15) is 0 Å². The largest absolute Gasteiger partial charge is 0.472 e. The third-order valence-electron chi connectivity index (χ3n) is 17.0. The number of carbonyl (C=O) groups is 4. The molecule has 2 unspecified atom stereocenters. The van der Waals surface area contributed by atoms with E-state index >= 15 is 0 Å². The molecule has 19 heteroatoms. The lowest BCUT2D eigenvalue weighted by molar-refractivity contribution is -0.161. The standard InChI is InChI=1S/C73H142O17P2/c1-6-9-12-15-18-20-21-22-23-24-25-26-27-28-29-30-35-39-44-49-54-59-73(78)90-69(63-84-71(76)57-52-47-42-38-34-32-31-33-37-41-45-50-55-66(4)5)65-88-92(81,82)86-61-67(74)60-85-91(79,80)87-64-68(62-83-70(75)56-51-46-40-17-14-11-8-3)89-72(77)58-53-48-43-36-19-16-13-10-7-2/h66-69,74H,6-65H2,1-5H3,(H,79,80)(H,81,82)/t67-,68+,69+/m0/s1. The Labute approximate surface area is 562 Å². The quantitative estimate of drug-likeness (QED) is 0.0222. The molecular formula is C73H142O17P2. The number of carbonyl (C=O) groups excluding carboxylic acids is 4. The van der Waals surface area contributed by atoms with Crippen molar-refractivity contribution in [2.75, 3.05) is 39.6 Å². The first-order valence-corrected chi connectivity index (χ1v) is 41.1. The molecule has 5 atom stereocenters. The Morgan fingerprint density at radius 1 is 0.293 bits per heavy atom. The molecule has 0 amide bonds. The van der Waals surface area contributed by atoms with Crippen molar-refractivity contribution in [3.8, 4) is 0 Å². The third-order valence-corrected chi connectivity index (χ3v) is 18.9. The number of aliphatic hydroxyl groups is 1. The van der Waals surface area contributed by atoms with E-state index in [0.29, 0.717) is 25.7 Å². The molecule has 0 aromatic heterocycles. The predicted octanol–water partition coefficient (Wildman–Crippen LogP) is 21.3. The summed E-state index contributed by atoms with van der Waals surface area (Å²) in [5, 5.41) is 10.6. The highest BCUT2D eigenvalue weighted by atomic mass is 31.2. The van der Waals surface area contributed by atoms with E-state index in [-0.39, 0.29) is 25.7 Å². The van der Waals surface area contributed by atoms with Crippen molar-refractivity contribution < 1.29 is 80.2 Å². The van der Waals surface area contributed by atoms with Gasteiger partial charge in [-0.15, -0.1) is 0 Å². The molecule has 0 aromatic rings. The van der Waals surface area contributed by atoms with Crippen LogP contribution < -0.4 is 0 Å². The molecule has 0 heterocycles. The van der Waals surface area contributed by atoms with Gasteiger partial charge in [0, 0.05) is 25.7 Å². The van der Waals surface area contributed by atoms with Crippen molar-refractivity contribution in [2.45, 2.75) is 400 Å². The van der Waals surface area contributed by atoms with Crippen LogP contribution in [0.3, 0.4) is 0 Å². The second-order valence-corrected chi connectivity index (χ2v) is 29.7. The second kappa shape index (κ2) is 66.3. The highest BCUT2D eigenvalue weighted by Gasteiger charge is 2.30. The Morgan fingerprint density at radius 2 is 0.500 bits per heavy atom. The fourth-order valence-electron chi connectivity index (χ4n) is 11.2. The minimum absolute atomic E-state index is 0.106. The number of hydrogen-bond acceptors (Lipinski definition) is 15. The molecule has 0 aliphatic heterocycles. The molecular weight excluding hydrogens is 1210 g/mol. The van der Waals surface area contributed by atoms with E-state index in [1.54, 1.807) is 0 Å². The zero-order chi connectivity index (χ0) is 67.7. The molecule has 0 aliphatic carbocycles. The van der Waals surface area contributed by atoms with Gasteiger partial charge in [0.2, 0.25) is 0 Å². The van der Waals surface area contributed by atoms with Crippen LogP contribution in [0.15, 0.2) is 0 Å². The minimum Gasteiger partial charge on any atom is -0.462 e. The minimum atomic E-state index is -4.95. The average molecular weight is 1350 g/mol. The van der Waals surface area contributed by atoms with E-state index in [9.17, 15) is 43.2 Å². The summed E-state index contributed by atoms with van der Waals surface area (Å²) in [4.78, 5) is 72.4. The molecule has 92 heavy (non-hydrogen) atoms. The van der Waals surface area contributed by atoms with E-state index in [1.165, 1.54) is 193 Å². The van der Waals surface area contributed by atoms with Crippen LogP contribution in [0.5, 0.6) is 0 Å². The molecule has 546 valence electrons. The van der Waals surface area contributed by atoms with Gasteiger partial charge >= 0.3 is 39.5 Å². The maximum atomic E-state index is 13.1. The SMILES string of the molecule is CCCCCCCCCCCCCCCCCCCCCCCC(=O)O[C@H](COC(=O)CCCCCCCCCCCCCCC(C)C)COP(=O)(O)OC[C@@H](O)COP(=O)(O)OC[C@@H](COC(=O)CCCCCCCCC)OC(=O)CCCCCCCCCCC. The number of rotatable bonds is 73. The highest BCUT2D eigenvalue weighted by molar-refractivity contribution is 7.47. The second-order valence-electron chi connectivity index (χ2n) is 26.8. The first-order valence-electron chi connectivity index (χ1n) is 38.1. The maximum Gasteiger partial charge on any atom is 0.472 e. The summed E-state index contributed by atoms with van der Waals surface area (Å²) in [6, 6.07) is 0. The normalized spacial score (nSPS) is 14.0. The van der Waals surface area contributed by atoms with Gasteiger partial charge < -0.3 is 33.8 Å². The average Bonchev–Trinajstić information content (AvgIpc) is 2.59. The van der Waals surface area contributed by atoms with Crippen LogP contribution >= 0.6 is 15.6 Å². The summed E-state index contributed by atoms with van der Waals surface area (Å²) in [5.74, 6) is -1.34. The molecule has 3 N–H and O–H groups in total. The molecule has 0 fully saturated rings. The Morgan fingerprint density at radius 3 is 0.739 bits per heavy atom. The van der Waals surface area contributed by atoms with Gasteiger partial charge in [0.25, 0.3) is 0 Å². The van der Waals surface area contributed by atoms with Crippen molar-refractivity contribution in [3.05, 3.63) is 0 Å². The molecule has 0 rings (SSSR count). The van der Waals surface area contributed by atoms with Crippen LogP contribution in [-0.4, -0.2) is 96.7 Å². The van der Waals surface area contributed by atoms with Crippen LogP contribution in [0, 0.1) is 5.92 Å². The van der Waals surface area contributed by atoms with Gasteiger partial charge in [-0.1, -0.05) is 330 Å². The topological polar surface area (TPSA) is 237 Å². The summed E-state index contributed by atoms with van der Waals surface area (Å²) in [6.07, 6.45) is 54.4. The van der Waals surface area contributed by atoms with Crippen LogP contribution in [0.2, 0.25) is 0 Å². The molecule has 0 bridgehead atoms.